The lowest BCUT2D eigenvalue weighted by Gasteiger charge is -2.45. The SMILES string of the molecule is CCN1C2=CC=CCC2=NC2c3cc(Cl)ccc3N(C(C)C)C21. The van der Waals surface area contributed by atoms with Gasteiger partial charge in [-0.05, 0) is 45.0 Å². The van der Waals surface area contributed by atoms with Crippen LogP contribution in [-0.2, 0) is 0 Å². The lowest BCUT2D eigenvalue weighted by molar-refractivity contribution is 0.226. The standard InChI is InChI=1S/C19H22ClN3/c1-4-22-17-8-6-5-7-15(17)21-18-14-11-13(20)9-10-16(14)23(12(2)3)19(18)22/h5-6,8-12,18-19H,4,7H2,1-3H3. The summed E-state index contributed by atoms with van der Waals surface area (Å²) in [5.41, 5.74) is 5.01. The van der Waals surface area contributed by atoms with Gasteiger partial charge >= 0.3 is 0 Å². The number of nitrogens with zero attached hydrogens (tertiary/aromatic N) is 3. The van der Waals surface area contributed by atoms with E-state index in [4.69, 9.17) is 16.6 Å². The van der Waals surface area contributed by atoms with Crippen molar-refractivity contribution in [2.45, 2.75) is 45.4 Å². The Hall–Kier alpha value is -1.74. The number of rotatable bonds is 2. The number of halogens is 1. The second-order valence-corrected chi connectivity index (χ2v) is 7.05. The molecule has 3 nitrogen and oxygen atoms in total. The molecule has 0 fully saturated rings. The van der Waals surface area contributed by atoms with Crippen LogP contribution in [-0.4, -0.2) is 29.4 Å². The fourth-order valence-corrected chi connectivity index (χ4v) is 4.26. The molecule has 0 N–H and O–H groups in total. The molecule has 23 heavy (non-hydrogen) atoms. The fraction of sp³-hybridized carbons (Fsp3) is 0.421. The molecule has 1 aliphatic carbocycles. The summed E-state index contributed by atoms with van der Waals surface area (Å²) >= 11 is 6.29. The summed E-state index contributed by atoms with van der Waals surface area (Å²) in [6, 6.07) is 6.80. The van der Waals surface area contributed by atoms with Gasteiger partial charge in [-0.1, -0.05) is 23.8 Å². The van der Waals surface area contributed by atoms with Crippen molar-refractivity contribution in [1.29, 1.82) is 0 Å². The average molecular weight is 328 g/mol. The van der Waals surface area contributed by atoms with Crippen LogP contribution < -0.4 is 4.90 Å². The number of anilines is 1. The molecule has 1 aromatic carbocycles. The molecular formula is C19H22ClN3. The Labute approximate surface area is 142 Å². The molecule has 2 unspecified atom stereocenters. The van der Waals surface area contributed by atoms with Crippen LogP contribution >= 0.6 is 11.6 Å². The molecule has 1 aromatic rings. The van der Waals surface area contributed by atoms with Gasteiger partial charge in [-0.25, -0.2) is 0 Å². The third kappa shape index (κ3) is 2.13. The van der Waals surface area contributed by atoms with E-state index >= 15 is 0 Å². The van der Waals surface area contributed by atoms with Gasteiger partial charge in [0.05, 0.1) is 11.4 Å². The van der Waals surface area contributed by atoms with E-state index < -0.39 is 0 Å². The van der Waals surface area contributed by atoms with Crippen LogP contribution in [0.4, 0.5) is 5.69 Å². The van der Waals surface area contributed by atoms with E-state index in [1.165, 1.54) is 22.7 Å². The minimum Gasteiger partial charge on any atom is -0.348 e. The number of likely N-dealkylation sites (N-methyl/N-ethyl adjacent to an activating group) is 1. The molecule has 0 amide bonds. The second kappa shape index (κ2) is 5.41. The first-order chi connectivity index (χ1) is 11.1. The summed E-state index contributed by atoms with van der Waals surface area (Å²) in [5, 5.41) is 0.793. The van der Waals surface area contributed by atoms with Crippen LogP contribution in [0.15, 0.2) is 47.1 Å². The van der Waals surface area contributed by atoms with E-state index in [9.17, 15) is 0 Å². The summed E-state index contributed by atoms with van der Waals surface area (Å²) in [4.78, 5) is 10.1. The van der Waals surface area contributed by atoms with E-state index in [0.717, 1.165) is 18.0 Å². The average Bonchev–Trinajstić information content (AvgIpc) is 2.86. The first-order valence-corrected chi connectivity index (χ1v) is 8.78. The van der Waals surface area contributed by atoms with E-state index in [1.807, 2.05) is 6.07 Å². The van der Waals surface area contributed by atoms with Gasteiger partial charge < -0.3 is 9.80 Å². The van der Waals surface area contributed by atoms with Crippen molar-refractivity contribution >= 4 is 23.0 Å². The number of fused-ring (bicyclic) bond motifs is 4. The fourth-order valence-electron chi connectivity index (χ4n) is 4.08. The zero-order valence-corrected chi connectivity index (χ0v) is 14.6. The number of allylic oxidation sites excluding steroid dienone is 4. The lowest BCUT2D eigenvalue weighted by Crippen LogP contribution is -2.53. The zero-order chi connectivity index (χ0) is 16.1. The van der Waals surface area contributed by atoms with Crippen molar-refractivity contribution in [2.75, 3.05) is 11.4 Å². The van der Waals surface area contributed by atoms with Crippen molar-refractivity contribution in [3.63, 3.8) is 0 Å². The molecule has 0 aromatic heterocycles. The smallest absolute Gasteiger partial charge is 0.129 e. The van der Waals surface area contributed by atoms with Crippen molar-refractivity contribution in [3.05, 3.63) is 52.7 Å². The molecule has 0 spiro atoms. The molecule has 2 heterocycles. The molecule has 4 rings (SSSR count). The molecule has 0 bridgehead atoms. The maximum absolute atomic E-state index is 6.29. The highest BCUT2D eigenvalue weighted by Crippen LogP contribution is 2.48. The first-order valence-electron chi connectivity index (χ1n) is 8.40. The van der Waals surface area contributed by atoms with Gasteiger partial charge in [-0.3, -0.25) is 4.99 Å². The van der Waals surface area contributed by atoms with Crippen LogP contribution in [0, 0.1) is 0 Å². The summed E-state index contributed by atoms with van der Waals surface area (Å²) in [6.45, 7) is 7.71. The van der Waals surface area contributed by atoms with Gasteiger partial charge in [0.15, 0.2) is 0 Å². The minimum absolute atomic E-state index is 0.143. The highest BCUT2D eigenvalue weighted by Gasteiger charge is 2.46. The largest absolute Gasteiger partial charge is 0.348 e. The van der Waals surface area contributed by atoms with Gasteiger partial charge in [-0.15, -0.1) is 0 Å². The third-order valence-electron chi connectivity index (χ3n) is 4.97. The molecule has 0 saturated carbocycles. The predicted octanol–water partition coefficient (Wildman–Crippen LogP) is 4.56. The highest BCUT2D eigenvalue weighted by atomic mass is 35.5. The van der Waals surface area contributed by atoms with Gasteiger partial charge in [0.25, 0.3) is 0 Å². The Morgan fingerprint density at radius 1 is 1.35 bits per heavy atom. The van der Waals surface area contributed by atoms with Gasteiger partial charge in [0.1, 0.15) is 12.2 Å². The number of benzene rings is 1. The number of hydrogen-bond acceptors (Lipinski definition) is 3. The van der Waals surface area contributed by atoms with E-state index in [2.05, 4.69) is 60.9 Å². The summed E-state index contributed by atoms with van der Waals surface area (Å²) in [7, 11) is 0. The molecule has 2 aliphatic heterocycles. The Morgan fingerprint density at radius 2 is 2.17 bits per heavy atom. The number of aliphatic imine (C=N–C) groups is 1. The van der Waals surface area contributed by atoms with Crippen molar-refractivity contribution in [3.8, 4) is 0 Å². The van der Waals surface area contributed by atoms with E-state index in [1.54, 1.807) is 0 Å². The monoisotopic (exact) mass is 327 g/mol. The van der Waals surface area contributed by atoms with Crippen molar-refractivity contribution < 1.29 is 0 Å². The summed E-state index contributed by atoms with van der Waals surface area (Å²) < 4.78 is 0. The van der Waals surface area contributed by atoms with Crippen LogP contribution in [0.5, 0.6) is 0 Å². The molecule has 2 atom stereocenters. The highest BCUT2D eigenvalue weighted by molar-refractivity contribution is 6.30. The van der Waals surface area contributed by atoms with Crippen molar-refractivity contribution in [2.24, 2.45) is 4.99 Å². The normalized spacial score (nSPS) is 25.1. The van der Waals surface area contributed by atoms with Crippen LogP contribution in [0.1, 0.15) is 38.8 Å². The third-order valence-corrected chi connectivity index (χ3v) is 5.21. The van der Waals surface area contributed by atoms with Crippen LogP contribution in [0.3, 0.4) is 0 Å². The van der Waals surface area contributed by atoms with Gasteiger partial charge in [-0.2, -0.15) is 0 Å². The van der Waals surface area contributed by atoms with Crippen LogP contribution in [0.2, 0.25) is 5.02 Å². The molecule has 4 heteroatoms. The Morgan fingerprint density at radius 3 is 2.91 bits per heavy atom. The molecule has 0 saturated heterocycles. The Balaban J connectivity index is 1.91. The molecule has 0 radical (unpaired) electrons. The van der Waals surface area contributed by atoms with Crippen LogP contribution in [0.25, 0.3) is 0 Å². The number of hydrogen-bond donors (Lipinski definition) is 0. The van der Waals surface area contributed by atoms with Gasteiger partial charge in [0, 0.05) is 35.3 Å². The van der Waals surface area contributed by atoms with E-state index in [0.29, 0.717) is 6.04 Å². The quantitative estimate of drug-likeness (QED) is 0.793. The maximum Gasteiger partial charge on any atom is 0.129 e. The minimum atomic E-state index is 0.143. The lowest BCUT2D eigenvalue weighted by atomic mass is 9.98. The topological polar surface area (TPSA) is 18.8 Å². The predicted molar refractivity (Wildman–Crippen MR) is 97.3 cm³/mol. The molecular weight excluding hydrogens is 306 g/mol. The zero-order valence-electron chi connectivity index (χ0n) is 13.8. The van der Waals surface area contributed by atoms with E-state index in [-0.39, 0.29) is 12.2 Å². The Kier molecular flexibility index (Phi) is 3.49. The molecule has 3 aliphatic rings. The Bertz CT molecular complexity index is 732. The first kappa shape index (κ1) is 14.8. The summed E-state index contributed by atoms with van der Waals surface area (Å²) in [6.07, 6.45) is 7.70. The molecule has 120 valence electrons. The van der Waals surface area contributed by atoms with Gasteiger partial charge in [0.2, 0.25) is 0 Å². The van der Waals surface area contributed by atoms with Crippen molar-refractivity contribution in [1.82, 2.24) is 4.90 Å². The summed E-state index contributed by atoms with van der Waals surface area (Å²) in [5.74, 6) is 0. The second-order valence-electron chi connectivity index (χ2n) is 6.61. The maximum atomic E-state index is 6.29.